The van der Waals surface area contributed by atoms with E-state index in [-0.39, 0.29) is 68.4 Å². The molecule has 13 heteroatoms. The van der Waals surface area contributed by atoms with Crippen LogP contribution in [0, 0.1) is 35.5 Å². The molecule has 1 saturated heterocycles. The zero-order chi connectivity index (χ0) is 35.3. The Labute approximate surface area is 291 Å². The Hall–Kier alpha value is -1.23. The fourth-order valence-electron chi connectivity index (χ4n) is 10.6. The molecule has 12 nitrogen and oxygen atoms in total. The molecule has 4 aliphatic carbocycles. The lowest BCUT2D eigenvalue weighted by atomic mass is 9.40. The number of hydrogen-bond donors (Lipinski definition) is 1. The molecule has 0 radical (unpaired) electrons. The Balaban J connectivity index is 1.40. The van der Waals surface area contributed by atoms with Gasteiger partial charge in [0.05, 0.1) is 53.0 Å². The van der Waals surface area contributed by atoms with Crippen molar-refractivity contribution in [1.29, 1.82) is 0 Å². The molecule has 0 bridgehead atoms. The molecule has 1 aromatic carbocycles. The van der Waals surface area contributed by atoms with Crippen LogP contribution >= 0.6 is 0 Å². The first-order valence-corrected chi connectivity index (χ1v) is 19.0. The minimum Gasteiger partial charge on any atom is -0.389 e. The molecule has 1 N–H and O–H groups in total. The molecule has 1 aromatic rings. The van der Waals surface area contributed by atoms with Gasteiger partial charge in [-0.1, -0.05) is 24.6 Å². The van der Waals surface area contributed by atoms with Crippen LogP contribution in [0.4, 0.5) is 0 Å². The van der Waals surface area contributed by atoms with Crippen molar-refractivity contribution >= 4 is 10.1 Å². The van der Waals surface area contributed by atoms with Gasteiger partial charge in [0.15, 0.2) is 5.79 Å². The maximum atomic E-state index is 13.4. The summed E-state index contributed by atoms with van der Waals surface area (Å²) in [6.45, 7) is 8.47. The molecule has 1 spiro atoms. The summed E-state index contributed by atoms with van der Waals surface area (Å²) in [5.41, 5.74) is -2.34. The Morgan fingerprint density at radius 1 is 0.918 bits per heavy atom. The molecule has 4 saturated carbocycles. The number of hydrogen-bond acceptors (Lipinski definition) is 12. The van der Waals surface area contributed by atoms with Crippen LogP contribution in [0.1, 0.15) is 71.3 Å². The molecule has 2 unspecified atom stereocenters. The first kappa shape index (κ1) is 37.5. The predicted octanol–water partition coefficient (Wildman–Crippen LogP) is 4.55. The lowest BCUT2D eigenvalue weighted by Crippen LogP contribution is -2.78. The molecule has 1 heterocycles. The van der Waals surface area contributed by atoms with Crippen LogP contribution in [0.2, 0.25) is 0 Å². The van der Waals surface area contributed by atoms with E-state index in [1.165, 1.54) is 0 Å². The quantitative estimate of drug-likeness (QED) is 0.227. The minimum atomic E-state index is -3.98. The summed E-state index contributed by atoms with van der Waals surface area (Å²) >= 11 is 0. The van der Waals surface area contributed by atoms with Gasteiger partial charge in [0.2, 0.25) is 0 Å². The Kier molecular flexibility index (Phi) is 10.7. The Morgan fingerprint density at radius 2 is 1.61 bits per heavy atom. The molecular formula is C36H56O12S. The van der Waals surface area contributed by atoms with Crippen LogP contribution in [0.15, 0.2) is 29.2 Å². The fraction of sp³-hybridized carbons (Fsp3) is 0.833. The maximum absolute atomic E-state index is 13.4. The number of benzene rings is 1. The summed E-state index contributed by atoms with van der Waals surface area (Å²) in [5, 5.41) is 12.9. The summed E-state index contributed by atoms with van der Waals surface area (Å²) in [6.07, 6.45) is 2.96. The van der Waals surface area contributed by atoms with Crippen LogP contribution in [0.25, 0.3) is 0 Å². The second-order valence-electron chi connectivity index (χ2n) is 15.6. The molecule has 1 aliphatic heterocycles. The molecule has 10 atom stereocenters. The molecule has 0 amide bonds. The number of rotatable bonds is 13. The van der Waals surface area contributed by atoms with E-state index in [1.807, 2.05) is 20.8 Å². The van der Waals surface area contributed by atoms with Crippen molar-refractivity contribution in [3.05, 3.63) is 29.8 Å². The third-order valence-electron chi connectivity index (χ3n) is 12.8. The smallest absolute Gasteiger partial charge is 0.296 e. The van der Waals surface area contributed by atoms with Gasteiger partial charge in [-0.15, -0.1) is 0 Å². The normalized spacial score (nSPS) is 41.4. The lowest BCUT2D eigenvalue weighted by Gasteiger charge is -2.71. The summed E-state index contributed by atoms with van der Waals surface area (Å²) < 4.78 is 81.7. The van der Waals surface area contributed by atoms with Gasteiger partial charge in [-0.3, -0.25) is 4.18 Å². The van der Waals surface area contributed by atoms with Crippen molar-refractivity contribution in [2.24, 2.45) is 28.6 Å². The third-order valence-corrected chi connectivity index (χ3v) is 14.1. The first-order valence-electron chi connectivity index (χ1n) is 17.5. The van der Waals surface area contributed by atoms with E-state index in [0.717, 1.165) is 5.56 Å². The summed E-state index contributed by atoms with van der Waals surface area (Å²) in [6, 6.07) is 6.69. The van der Waals surface area contributed by atoms with Crippen molar-refractivity contribution in [3.8, 4) is 0 Å². The predicted molar refractivity (Wildman–Crippen MR) is 177 cm³/mol. The second kappa shape index (κ2) is 14.0. The van der Waals surface area contributed by atoms with Crippen LogP contribution in [0.3, 0.4) is 0 Å². The molecule has 6 rings (SSSR count). The highest BCUT2D eigenvalue weighted by molar-refractivity contribution is 7.86. The molecule has 278 valence electrons. The Morgan fingerprint density at radius 3 is 2.31 bits per heavy atom. The van der Waals surface area contributed by atoms with Gasteiger partial charge in [-0.25, -0.2) is 0 Å². The number of ether oxygens (including phenoxy) is 8. The van der Waals surface area contributed by atoms with Gasteiger partial charge in [-0.2, -0.15) is 8.42 Å². The monoisotopic (exact) mass is 712 g/mol. The Bertz CT molecular complexity index is 1400. The summed E-state index contributed by atoms with van der Waals surface area (Å²) in [4.78, 5) is 0.134. The molecule has 5 aliphatic rings. The topological polar surface area (TPSA) is 137 Å². The van der Waals surface area contributed by atoms with Crippen molar-refractivity contribution in [3.63, 3.8) is 0 Å². The average molecular weight is 713 g/mol. The number of fused-ring (bicyclic) bond motifs is 3. The van der Waals surface area contributed by atoms with Gasteiger partial charge in [0, 0.05) is 45.5 Å². The van der Waals surface area contributed by atoms with E-state index < -0.39 is 44.0 Å². The largest absolute Gasteiger partial charge is 0.389 e. The lowest BCUT2D eigenvalue weighted by molar-refractivity contribution is -0.409. The van der Waals surface area contributed by atoms with E-state index in [9.17, 15) is 13.5 Å². The average Bonchev–Trinajstić information content (AvgIpc) is 3.34. The van der Waals surface area contributed by atoms with Gasteiger partial charge < -0.3 is 43.0 Å². The van der Waals surface area contributed by atoms with Gasteiger partial charge in [0.25, 0.3) is 10.1 Å². The van der Waals surface area contributed by atoms with Crippen LogP contribution in [0.5, 0.6) is 0 Å². The zero-order valence-corrected chi connectivity index (χ0v) is 30.9. The molecular weight excluding hydrogens is 656 g/mol. The standard InChI is InChI=1S/C36H56O12S/c1-24-8-10-27(11-9-24)49(38,39)47-19-25-12-15-36(46-23-42-7)28-13-14-34(37)17-26(43-21-40-5)16-30-35(34,20-45-32(2,3)48-30)31(28)29(44-22-41-6)18-33(25,36)4/h8-11,25-26,28-31,37H,12-23H2,1-7H3/t25-,26+,28?,29+,30-,31?,33-,34+,35-,36+/m1/s1. The highest BCUT2D eigenvalue weighted by atomic mass is 32.2. The number of methoxy groups -OCH3 is 3. The van der Waals surface area contributed by atoms with Gasteiger partial charge in [-0.05, 0) is 76.8 Å². The van der Waals surface area contributed by atoms with Gasteiger partial charge in [0.1, 0.15) is 20.4 Å². The van der Waals surface area contributed by atoms with E-state index >= 15 is 0 Å². The van der Waals surface area contributed by atoms with Crippen LogP contribution in [-0.2, 0) is 52.2 Å². The summed E-state index contributed by atoms with van der Waals surface area (Å²) in [5.74, 6) is -1.37. The van der Waals surface area contributed by atoms with Crippen molar-refractivity contribution in [2.75, 3.05) is 54.9 Å². The molecule has 5 fully saturated rings. The van der Waals surface area contributed by atoms with E-state index in [0.29, 0.717) is 44.9 Å². The van der Waals surface area contributed by atoms with E-state index in [1.54, 1.807) is 45.6 Å². The fourth-order valence-corrected chi connectivity index (χ4v) is 11.6. The SMILES string of the molecule is COCO[C@H]1C[C@H]2OC(C)(C)OC[C@]23C2C(CC[C@]3(O)C1)[C@@]1(OCOC)CC[C@H](COS(=O)(=O)c3ccc(C)cc3)[C@@]1(C)C[C@@H]2OCOC. The second-order valence-corrected chi connectivity index (χ2v) is 17.2. The zero-order valence-electron chi connectivity index (χ0n) is 30.1. The van der Waals surface area contributed by atoms with Crippen molar-refractivity contribution < 1.29 is 55.6 Å². The number of aliphatic hydroxyl groups is 1. The molecule has 49 heavy (non-hydrogen) atoms. The van der Waals surface area contributed by atoms with E-state index in [4.69, 9.17) is 42.1 Å². The van der Waals surface area contributed by atoms with Crippen LogP contribution < -0.4 is 0 Å². The van der Waals surface area contributed by atoms with Gasteiger partial charge >= 0.3 is 0 Å². The maximum Gasteiger partial charge on any atom is 0.296 e. The third kappa shape index (κ3) is 6.32. The number of aryl methyl sites for hydroxylation is 1. The summed E-state index contributed by atoms with van der Waals surface area (Å²) in [7, 11) is 0.821. The highest BCUT2D eigenvalue weighted by Crippen LogP contribution is 2.72. The van der Waals surface area contributed by atoms with Crippen LogP contribution in [-0.4, -0.2) is 104 Å². The minimum absolute atomic E-state index is 0.00974. The van der Waals surface area contributed by atoms with E-state index in [2.05, 4.69) is 6.92 Å². The molecule has 0 aromatic heterocycles. The highest BCUT2D eigenvalue weighted by Gasteiger charge is 2.77. The van der Waals surface area contributed by atoms with Crippen molar-refractivity contribution in [2.45, 2.75) is 113 Å². The van der Waals surface area contributed by atoms with Crippen molar-refractivity contribution in [1.82, 2.24) is 0 Å². The first-order chi connectivity index (χ1) is 23.2.